The SMILES string of the molecule is O=C(N[C@H]1CCN(Cc2ccccc2)C1)c1nn(Cc2ccccc2)c(=O)c2ccccc12. The fourth-order valence-electron chi connectivity index (χ4n) is 4.46. The van der Waals surface area contributed by atoms with Crippen molar-refractivity contribution in [2.75, 3.05) is 13.1 Å². The number of hydrogen-bond donors (Lipinski definition) is 1. The van der Waals surface area contributed by atoms with Crippen LogP contribution in [0.1, 0.15) is 28.0 Å². The van der Waals surface area contributed by atoms with Gasteiger partial charge in [-0.2, -0.15) is 5.10 Å². The van der Waals surface area contributed by atoms with Crippen LogP contribution in [-0.2, 0) is 13.1 Å². The quantitative estimate of drug-likeness (QED) is 0.501. The van der Waals surface area contributed by atoms with E-state index in [1.165, 1.54) is 10.2 Å². The van der Waals surface area contributed by atoms with E-state index in [0.29, 0.717) is 23.0 Å². The van der Waals surface area contributed by atoms with Crippen molar-refractivity contribution in [3.8, 4) is 0 Å². The summed E-state index contributed by atoms with van der Waals surface area (Å²) in [5.74, 6) is -0.237. The number of likely N-dealkylation sites (tertiary alicyclic amines) is 1. The highest BCUT2D eigenvalue weighted by molar-refractivity contribution is 6.04. The fourth-order valence-corrected chi connectivity index (χ4v) is 4.46. The molecular weight excluding hydrogens is 412 g/mol. The van der Waals surface area contributed by atoms with Crippen molar-refractivity contribution < 1.29 is 4.79 Å². The van der Waals surface area contributed by atoms with Crippen LogP contribution in [0.2, 0.25) is 0 Å². The molecule has 0 radical (unpaired) electrons. The minimum absolute atomic E-state index is 0.0521. The Kier molecular flexibility index (Phi) is 6.00. The third-order valence-corrected chi connectivity index (χ3v) is 6.11. The molecule has 2 heterocycles. The van der Waals surface area contributed by atoms with Gasteiger partial charge in [0.2, 0.25) is 0 Å². The summed E-state index contributed by atoms with van der Waals surface area (Å²) in [6.07, 6.45) is 0.889. The van der Waals surface area contributed by atoms with E-state index in [0.717, 1.165) is 31.6 Å². The van der Waals surface area contributed by atoms with Gasteiger partial charge in [0.15, 0.2) is 5.69 Å². The van der Waals surface area contributed by atoms with E-state index in [-0.39, 0.29) is 17.5 Å². The van der Waals surface area contributed by atoms with Crippen LogP contribution in [0.15, 0.2) is 89.7 Å². The Labute approximate surface area is 192 Å². The third-order valence-electron chi connectivity index (χ3n) is 6.11. The summed E-state index contributed by atoms with van der Waals surface area (Å²) in [6, 6.07) is 27.3. The van der Waals surface area contributed by atoms with Crippen molar-refractivity contribution in [2.45, 2.75) is 25.6 Å². The molecule has 0 saturated carbocycles. The second-order valence-corrected chi connectivity index (χ2v) is 8.52. The lowest BCUT2D eigenvalue weighted by Crippen LogP contribution is -2.38. The number of rotatable bonds is 6. The molecular formula is C27H26N4O2. The first kappa shape index (κ1) is 21.1. The third kappa shape index (κ3) is 4.71. The smallest absolute Gasteiger partial charge is 0.274 e. The minimum Gasteiger partial charge on any atom is -0.347 e. The van der Waals surface area contributed by atoms with Gasteiger partial charge in [-0.25, -0.2) is 4.68 Å². The van der Waals surface area contributed by atoms with E-state index in [4.69, 9.17) is 0 Å². The van der Waals surface area contributed by atoms with Gasteiger partial charge < -0.3 is 5.32 Å². The number of benzene rings is 3. The first-order valence-corrected chi connectivity index (χ1v) is 11.3. The summed E-state index contributed by atoms with van der Waals surface area (Å²) >= 11 is 0. The number of fused-ring (bicyclic) bond motifs is 1. The molecule has 0 bridgehead atoms. The summed E-state index contributed by atoms with van der Waals surface area (Å²) in [6.45, 7) is 2.92. The lowest BCUT2D eigenvalue weighted by Gasteiger charge is -2.17. The first-order chi connectivity index (χ1) is 16.2. The second-order valence-electron chi connectivity index (χ2n) is 8.52. The Morgan fingerprint density at radius 3 is 2.15 bits per heavy atom. The average molecular weight is 439 g/mol. The highest BCUT2D eigenvalue weighted by atomic mass is 16.2. The average Bonchev–Trinajstić information content (AvgIpc) is 3.28. The van der Waals surface area contributed by atoms with Crippen LogP contribution in [0, 0.1) is 0 Å². The Morgan fingerprint density at radius 1 is 0.848 bits per heavy atom. The number of carbonyl (C=O) groups excluding carboxylic acids is 1. The van der Waals surface area contributed by atoms with Crippen molar-refractivity contribution in [3.63, 3.8) is 0 Å². The van der Waals surface area contributed by atoms with E-state index in [9.17, 15) is 9.59 Å². The molecule has 0 spiro atoms. The van der Waals surface area contributed by atoms with Crippen molar-refractivity contribution >= 4 is 16.7 Å². The monoisotopic (exact) mass is 438 g/mol. The van der Waals surface area contributed by atoms with E-state index in [1.807, 2.05) is 60.7 Å². The number of amides is 1. The summed E-state index contributed by atoms with van der Waals surface area (Å²) < 4.78 is 1.39. The van der Waals surface area contributed by atoms with E-state index >= 15 is 0 Å². The van der Waals surface area contributed by atoms with Gasteiger partial charge in [0, 0.05) is 31.1 Å². The van der Waals surface area contributed by atoms with E-state index in [2.05, 4.69) is 27.4 Å². The van der Waals surface area contributed by atoms with Crippen molar-refractivity contribution in [1.29, 1.82) is 0 Å². The molecule has 1 saturated heterocycles. The zero-order valence-electron chi connectivity index (χ0n) is 18.4. The van der Waals surface area contributed by atoms with Gasteiger partial charge in [-0.1, -0.05) is 78.9 Å². The zero-order valence-corrected chi connectivity index (χ0v) is 18.4. The largest absolute Gasteiger partial charge is 0.347 e. The molecule has 33 heavy (non-hydrogen) atoms. The van der Waals surface area contributed by atoms with Crippen LogP contribution in [0.5, 0.6) is 0 Å². The van der Waals surface area contributed by atoms with Gasteiger partial charge in [-0.3, -0.25) is 14.5 Å². The van der Waals surface area contributed by atoms with Gasteiger partial charge in [-0.15, -0.1) is 0 Å². The molecule has 1 amide bonds. The molecule has 6 nitrogen and oxygen atoms in total. The lowest BCUT2D eigenvalue weighted by molar-refractivity contribution is 0.0932. The molecule has 1 aliphatic rings. The molecule has 1 aliphatic heterocycles. The van der Waals surface area contributed by atoms with Gasteiger partial charge in [0.1, 0.15) is 0 Å². The molecule has 0 unspecified atom stereocenters. The van der Waals surface area contributed by atoms with Crippen molar-refractivity contribution in [2.24, 2.45) is 0 Å². The van der Waals surface area contributed by atoms with Gasteiger partial charge in [-0.05, 0) is 23.6 Å². The number of carbonyl (C=O) groups is 1. The van der Waals surface area contributed by atoms with E-state index in [1.54, 1.807) is 12.1 Å². The maximum absolute atomic E-state index is 13.3. The molecule has 1 atom stereocenters. The van der Waals surface area contributed by atoms with Crippen LogP contribution >= 0.6 is 0 Å². The highest BCUT2D eigenvalue weighted by Crippen LogP contribution is 2.17. The molecule has 1 aromatic heterocycles. The molecule has 1 N–H and O–H groups in total. The second kappa shape index (κ2) is 9.38. The summed E-state index contributed by atoms with van der Waals surface area (Å²) in [7, 11) is 0. The van der Waals surface area contributed by atoms with Gasteiger partial charge in [0.25, 0.3) is 11.5 Å². The van der Waals surface area contributed by atoms with Gasteiger partial charge in [0.05, 0.1) is 11.9 Å². The topological polar surface area (TPSA) is 67.2 Å². The van der Waals surface area contributed by atoms with Crippen molar-refractivity contribution in [1.82, 2.24) is 20.0 Å². The molecule has 5 rings (SSSR count). The standard InChI is InChI=1S/C27H26N4O2/c32-26(28-22-15-16-30(19-22)17-20-9-3-1-4-10-20)25-23-13-7-8-14-24(23)27(33)31(29-25)18-21-11-5-2-6-12-21/h1-14,22H,15-19H2,(H,28,32)/t22-/m0/s1. The van der Waals surface area contributed by atoms with E-state index < -0.39 is 0 Å². The fraction of sp³-hybridized carbons (Fsp3) is 0.222. The lowest BCUT2D eigenvalue weighted by atomic mass is 10.1. The van der Waals surface area contributed by atoms with Crippen LogP contribution in [-0.4, -0.2) is 39.7 Å². The number of nitrogens with one attached hydrogen (secondary N) is 1. The predicted octanol–water partition coefficient (Wildman–Crippen LogP) is 3.45. The molecule has 4 aromatic rings. The Hall–Kier alpha value is -3.77. The summed E-state index contributed by atoms with van der Waals surface area (Å²) in [5.41, 5.74) is 2.33. The molecule has 6 heteroatoms. The van der Waals surface area contributed by atoms with Crippen molar-refractivity contribution in [3.05, 3.63) is 112 Å². The number of aromatic nitrogens is 2. The van der Waals surface area contributed by atoms with Crippen LogP contribution in [0.25, 0.3) is 10.8 Å². The maximum Gasteiger partial charge on any atom is 0.274 e. The Balaban J connectivity index is 1.37. The number of hydrogen-bond acceptors (Lipinski definition) is 4. The van der Waals surface area contributed by atoms with Crippen LogP contribution in [0.3, 0.4) is 0 Å². The Bertz CT molecular complexity index is 1320. The van der Waals surface area contributed by atoms with Crippen LogP contribution < -0.4 is 10.9 Å². The molecule has 1 fully saturated rings. The summed E-state index contributed by atoms with van der Waals surface area (Å²) in [5, 5.41) is 8.75. The predicted molar refractivity (Wildman–Crippen MR) is 129 cm³/mol. The minimum atomic E-state index is -0.237. The first-order valence-electron chi connectivity index (χ1n) is 11.3. The van der Waals surface area contributed by atoms with Gasteiger partial charge >= 0.3 is 0 Å². The highest BCUT2D eigenvalue weighted by Gasteiger charge is 2.26. The normalized spacial score (nSPS) is 16.2. The van der Waals surface area contributed by atoms with Crippen LogP contribution in [0.4, 0.5) is 0 Å². The zero-order chi connectivity index (χ0) is 22.6. The summed E-state index contributed by atoms with van der Waals surface area (Å²) in [4.78, 5) is 28.7. The molecule has 166 valence electrons. The number of nitrogens with zero attached hydrogens (tertiary/aromatic N) is 3. The molecule has 0 aliphatic carbocycles. The Morgan fingerprint density at radius 2 is 1.45 bits per heavy atom. The molecule has 3 aromatic carbocycles. The maximum atomic E-state index is 13.3.